The van der Waals surface area contributed by atoms with Gasteiger partial charge in [0.05, 0.1) is 26.3 Å². The van der Waals surface area contributed by atoms with Gasteiger partial charge >= 0.3 is 0 Å². The van der Waals surface area contributed by atoms with E-state index in [-0.39, 0.29) is 76.8 Å². The quantitative estimate of drug-likeness (QED) is 0.0701. The normalized spacial score (nSPS) is 8.63. The van der Waals surface area contributed by atoms with Crippen molar-refractivity contribution in [3.63, 3.8) is 0 Å². The number of carbonyl (C=O) groups excluding carboxylic acids is 10. The number of pyridine rings is 1. The third-order valence-corrected chi connectivity index (χ3v) is 7.62. The Kier molecular flexibility index (Phi) is 89.5. The molecule has 0 bridgehead atoms. The number of aliphatic hydroxyl groups is 2. The van der Waals surface area contributed by atoms with Gasteiger partial charge in [-0.25, -0.2) is 0 Å². The predicted octanol–water partition coefficient (Wildman–Crippen LogP) is 1.56. The second-order valence-corrected chi connectivity index (χ2v) is 16.8. The third-order valence-electron chi connectivity index (χ3n) is 7.62. The first-order valence-corrected chi connectivity index (χ1v) is 25.1. The number of rotatable bonds is 19. The molecule has 0 saturated heterocycles. The molecule has 16 N–H and O–H groups in total. The highest BCUT2D eigenvalue weighted by molar-refractivity contribution is 5.85. The summed E-state index contributed by atoms with van der Waals surface area (Å²) in [4.78, 5) is 110. The van der Waals surface area contributed by atoms with Crippen molar-refractivity contribution < 1.29 is 58.2 Å². The van der Waals surface area contributed by atoms with Crippen molar-refractivity contribution in [3.05, 3.63) is 90.5 Å². The van der Waals surface area contributed by atoms with Gasteiger partial charge < -0.3 is 79.7 Å². The first-order valence-electron chi connectivity index (χ1n) is 25.1. The number of terminal acetylenes is 1. The second-order valence-electron chi connectivity index (χ2n) is 16.8. The van der Waals surface area contributed by atoms with Gasteiger partial charge in [0.25, 0.3) is 0 Å². The average Bonchev–Trinajstić information content (AvgIpc) is 3.36. The van der Waals surface area contributed by atoms with Crippen LogP contribution in [-0.2, 0) is 61.0 Å². The molecule has 1 heterocycles. The molecule has 26 heteroatoms. The van der Waals surface area contributed by atoms with Crippen LogP contribution in [0.15, 0.2) is 79.4 Å². The molecule has 84 heavy (non-hydrogen) atoms. The summed E-state index contributed by atoms with van der Waals surface area (Å²) in [5.41, 5.74) is 18.3. The number of aliphatic hydroxyl groups excluding tert-OH is 2. The fourth-order valence-corrected chi connectivity index (χ4v) is 3.52. The van der Waals surface area contributed by atoms with Gasteiger partial charge in [-0.15, -0.1) is 6.42 Å². The number of primary amides is 2. The van der Waals surface area contributed by atoms with Gasteiger partial charge in [-0.3, -0.25) is 52.9 Å². The fourth-order valence-electron chi connectivity index (χ4n) is 3.52. The highest BCUT2D eigenvalue weighted by atomic mass is 16.3. The van der Waals surface area contributed by atoms with Gasteiger partial charge in [-0.2, -0.15) is 0 Å². The van der Waals surface area contributed by atoms with Crippen LogP contribution in [0.5, 0.6) is 0 Å². The van der Waals surface area contributed by atoms with Gasteiger partial charge in [-0.05, 0) is 63.3 Å². The van der Waals surface area contributed by atoms with Crippen LogP contribution in [0.3, 0.4) is 0 Å². The Hall–Kier alpha value is -8.41. The summed E-state index contributed by atoms with van der Waals surface area (Å²) in [5.74, 6) is 0.279. The molecule has 0 aliphatic rings. The summed E-state index contributed by atoms with van der Waals surface area (Å²) < 4.78 is 0. The fraction of sp³-hybridized carbons (Fsp3) is 0.534. The Morgan fingerprint density at radius 3 is 1.19 bits per heavy atom. The first-order chi connectivity index (χ1) is 37.6. The van der Waals surface area contributed by atoms with Crippen LogP contribution in [0.4, 0.5) is 0 Å². The molecular formula is C58H112N14O12. The molecular weight excluding hydrogens is 1080 g/mol. The number of aromatic nitrogens is 1. The van der Waals surface area contributed by atoms with Gasteiger partial charge in [-0.1, -0.05) is 85.0 Å². The standard InChI is InChI=1S/C9H11NO.C8H10N2O.C6H14N2O.C6H13NO.C5H10N2O3.C5H7NO.C5H11N.C4H8N2O2.C4H9NO2.C3H7N.3CH4/c1-8(11)10-7-9-5-3-2-4-6-9;1-7(11)10-6-8-2-4-9-5-3-8;1-6(9)7-4-5-8(2)3;1-3-4-5-7-6(2)8;1-3(9)7-4(2-8)5(6)10;1-3-4-6-5(2)7;1-5(2)6(3)4;1-3(7)6-2-4(5)8;1-4(7)5-2-3-6;1-3(2)4;;;/h2-6H,7H2,1H3,(H,10,11);2-5H,6H2,1H3,(H,10,11);4-5H2,1-3H3,(H,7,9);3-5H2,1-2H3,(H,7,8);4,8H,2H2,1H3,(H2,6,10)(H,7,9);1H,4H2,2H3,(H,6,7);1H2,2-4H3;2H2,1H3,(H2,5,8)(H,6,7);6H,2-3H2,1H3,(H,5,7);1,4H2,2H3;3*1H4. The number of amides is 10. The Morgan fingerprint density at radius 2 is 0.952 bits per heavy atom. The molecule has 0 aliphatic heterocycles. The summed E-state index contributed by atoms with van der Waals surface area (Å²) in [7, 11) is 7.90. The van der Waals surface area contributed by atoms with Gasteiger partial charge in [0.2, 0.25) is 59.1 Å². The smallest absolute Gasteiger partial charge is 0.242 e. The van der Waals surface area contributed by atoms with Crippen molar-refractivity contribution in [1.82, 2.24) is 57.3 Å². The number of nitrogens with one attached hydrogen (secondary N) is 8. The molecule has 0 radical (unpaired) electrons. The Morgan fingerprint density at radius 1 is 0.583 bits per heavy atom. The van der Waals surface area contributed by atoms with E-state index in [9.17, 15) is 47.9 Å². The zero-order valence-corrected chi connectivity index (χ0v) is 50.8. The number of nitrogens with two attached hydrogens (primary N) is 3. The summed E-state index contributed by atoms with van der Waals surface area (Å²) in [5, 5.41) is 36.6. The Balaban J connectivity index is -0.0000000788. The highest BCUT2D eigenvalue weighted by Gasteiger charge is 2.13. The summed E-state index contributed by atoms with van der Waals surface area (Å²) >= 11 is 0. The molecule has 26 nitrogen and oxygen atoms in total. The number of likely N-dealkylation sites (N-methyl/N-ethyl adjacent to an activating group) is 1. The lowest BCUT2D eigenvalue weighted by Crippen LogP contribution is -2.45. The lowest BCUT2D eigenvalue weighted by atomic mass is 10.2. The van der Waals surface area contributed by atoms with E-state index in [4.69, 9.17) is 28.1 Å². The van der Waals surface area contributed by atoms with Crippen LogP contribution < -0.4 is 59.7 Å². The van der Waals surface area contributed by atoms with Crippen LogP contribution >= 0.6 is 0 Å². The van der Waals surface area contributed by atoms with Crippen molar-refractivity contribution in [3.8, 4) is 12.3 Å². The molecule has 1 atom stereocenters. The number of carbonyl (C=O) groups is 10. The van der Waals surface area contributed by atoms with E-state index >= 15 is 0 Å². The summed E-state index contributed by atoms with van der Waals surface area (Å²) in [6.07, 6.45) is 10.4. The topological polar surface area (TPSA) is 405 Å². The predicted molar refractivity (Wildman–Crippen MR) is 339 cm³/mol. The molecule has 0 saturated carbocycles. The molecule has 1 unspecified atom stereocenters. The minimum atomic E-state index is -0.961. The lowest BCUT2D eigenvalue weighted by Gasteiger charge is -2.09. The molecule has 2 aromatic rings. The second kappa shape index (κ2) is 74.6. The van der Waals surface area contributed by atoms with Crippen LogP contribution in [0.1, 0.15) is 122 Å². The molecule has 0 spiro atoms. The largest absolute Gasteiger partial charge is 0.403 e. The minimum absolute atomic E-state index is 0. The molecule has 0 fully saturated rings. The number of benzene rings is 1. The molecule has 2 rings (SSSR count). The Labute approximate surface area is 504 Å². The van der Waals surface area contributed by atoms with Crippen molar-refractivity contribution in [2.24, 2.45) is 17.2 Å². The lowest BCUT2D eigenvalue weighted by molar-refractivity contribution is -0.127. The average molecular weight is 1200 g/mol. The van der Waals surface area contributed by atoms with Crippen LogP contribution in [-0.4, -0.2) is 171 Å². The van der Waals surface area contributed by atoms with Crippen LogP contribution in [0, 0.1) is 12.3 Å². The maximum absolute atomic E-state index is 10.5. The van der Waals surface area contributed by atoms with E-state index in [2.05, 4.69) is 79.3 Å². The van der Waals surface area contributed by atoms with Gasteiger partial charge in [0.1, 0.15) is 6.04 Å². The van der Waals surface area contributed by atoms with E-state index in [0.29, 0.717) is 31.9 Å². The van der Waals surface area contributed by atoms with Crippen molar-refractivity contribution in [2.75, 3.05) is 80.7 Å². The summed E-state index contributed by atoms with van der Waals surface area (Å²) in [6.45, 7) is 28.1. The number of hydrogen-bond donors (Lipinski definition) is 13. The third kappa shape index (κ3) is 125. The van der Waals surface area contributed by atoms with Crippen LogP contribution in [0.2, 0.25) is 0 Å². The highest BCUT2D eigenvalue weighted by Crippen LogP contribution is 1.96. The first kappa shape index (κ1) is 101. The Bertz CT molecular complexity index is 1980. The number of hydrogen-bond acceptors (Lipinski definition) is 16. The molecule has 0 aliphatic carbocycles. The van der Waals surface area contributed by atoms with E-state index in [1.165, 1.54) is 55.4 Å². The van der Waals surface area contributed by atoms with Crippen molar-refractivity contribution in [2.45, 2.75) is 130 Å². The zero-order valence-electron chi connectivity index (χ0n) is 50.8. The summed E-state index contributed by atoms with van der Waals surface area (Å²) in [6, 6.07) is 12.6. The number of nitrogens with zero attached hydrogens (tertiary/aromatic N) is 3. The zero-order chi connectivity index (χ0) is 64.7. The van der Waals surface area contributed by atoms with E-state index < -0.39 is 30.4 Å². The van der Waals surface area contributed by atoms with E-state index in [1.54, 1.807) is 19.3 Å². The maximum Gasteiger partial charge on any atom is 0.242 e. The molecule has 1 aromatic heterocycles. The molecule has 10 amide bonds. The van der Waals surface area contributed by atoms with Gasteiger partial charge in [0, 0.05) is 127 Å². The molecule has 1 aromatic carbocycles. The SMILES string of the molecule is C.C.C.C#CCNC(C)=O.C=C(C)N.C=C(C)N(C)C.CC(=O)NC(CO)C(N)=O.CC(=O)NCC(N)=O.CC(=O)NCCN(C)C.CC(=O)NCCO.CC(=O)NCc1ccccc1.CC(=O)NCc1ccncc1.CCCCNC(C)=O. The monoisotopic (exact) mass is 1200 g/mol. The van der Waals surface area contributed by atoms with E-state index in [0.717, 1.165) is 49.3 Å². The van der Waals surface area contributed by atoms with Crippen molar-refractivity contribution in [1.29, 1.82) is 0 Å². The number of unbranched alkanes of at least 4 members (excludes halogenated alkanes) is 1. The minimum Gasteiger partial charge on any atom is -0.403 e. The van der Waals surface area contributed by atoms with Gasteiger partial charge in [0.15, 0.2) is 0 Å². The van der Waals surface area contributed by atoms with E-state index in [1.807, 2.05) is 87.4 Å². The van der Waals surface area contributed by atoms with Crippen LogP contribution in [0.25, 0.3) is 0 Å². The van der Waals surface area contributed by atoms with Crippen molar-refractivity contribution >= 4 is 59.1 Å². The number of allylic oxidation sites excluding steroid dienone is 2. The molecule has 486 valence electrons. The maximum atomic E-state index is 10.5.